The number of carboxylic acid groups (broad SMARTS) is 1. The second-order valence-corrected chi connectivity index (χ2v) is 12.0. The van der Waals surface area contributed by atoms with Gasteiger partial charge in [-0.25, -0.2) is 0 Å². The first-order valence-electron chi connectivity index (χ1n) is 13.6. The summed E-state index contributed by atoms with van der Waals surface area (Å²) >= 11 is 7.14. The van der Waals surface area contributed by atoms with E-state index in [9.17, 15) is 19.5 Å². The smallest absolute Gasteiger partial charge is 0.305 e. The Bertz CT molecular complexity index is 1370. The van der Waals surface area contributed by atoms with Crippen molar-refractivity contribution in [3.63, 3.8) is 0 Å². The molecule has 2 aromatic carbocycles. The van der Waals surface area contributed by atoms with Gasteiger partial charge in [0.15, 0.2) is 23.1 Å². The fourth-order valence-corrected chi connectivity index (χ4v) is 6.76. The minimum Gasteiger partial charge on any atom is -0.490 e. The van der Waals surface area contributed by atoms with Gasteiger partial charge < -0.3 is 19.5 Å². The maximum Gasteiger partial charge on any atom is 0.305 e. The summed E-state index contributed by atoms with van der Waals surface area (Å²) in [6.45, 7) is 2.90. The molecule has 40 heavy (non-hydrogen) atoms. The molecule has 0 bridgehead atoms. The minimum absolute atomic E-state index is 0.0149. The van der Waals surface area contributed by atoms with Gasteiger partial charge in [0, 0.05) is 52.3 Å². The summed E-state index contributed by atoms with van der Waals surface area (Å²) in [6, 6.07) is 11.7. The molecule has 2 aliphatic carbocycles. The maximum atomic E-state index is 13.5. The summed E-state index contributed by atoms with van der Waals surface area (Å²) in [5, 5.41) is 9.41. The molecule has 1 aliphatic heterocycles. The summed E-state index contributed by atoms with van der Waals surface area (Å²) in [6.07, 6.45) is 3.53. The molecule has 0 radical (unpaired) electrons. The molecule has 9 heteroatoms. The fourth-order valence-electron chi connectivity index (χ4n) is 5.92. The number of hydrogen-bond acceptors (Lipinski definition) is 6. The van der Waals surface area contributed by atoms with E-state index in [0.717, 1.165) is 27.0 Å². The molecule has 0 unspecified atom stereocenters. The first-order chi connectivity index (χ1) is 19.3. The van der Waals surface area contributed by atoms with Gasteiger partial charge in [-0.1, -0.05) is 28.1 Å². The van der Waals surface area contributed by atoms with Crippen LogP contribution in [0.15, 0.2) is 67.9 Å². The summed E-state index contributed by atoms with van der Waals surface area (Å²) in [5.41, 5.74) is 4.74. The van der Waals surface area contributed by atoms with Gasteiger partial charge in [-0.05, 0) is 83.9 Å². The van der Waals surface area contributed by atoms with Crippen molar-refractivity contribution in [2.75, 3.05) is 13.2 Å². The molecule has 0 spiro atoms. The molecule has 0 saturated carbocycles. The standard InChI is InChI=1S/C31H31Br2NO6/c1-2-39-26-16-19(15-21(33)31(26)40-17-18-9-11-20(32)12-10-18)28-29-22(5-3-7-24(29)35)34(14-13-27(37)38)23-6-4-8-25(36)30(23)28/h9-12,15-16,28H,2-8,13-14,17H2,1H3,(H,37,38). The third-order valence-corrected chi connectivity index (χ3v) is 8.71. The van der Waals surface area contributed by atoms with E-state index in [4.69, 9.17) is 9.47 Å². The van der Waals surface area contributed by atoms with Crippen molar-refractivity contribution in [2.45, 2.75) is 64.4 Å². The number of rotatable bonds is 9. The van der Waals surface area contributed by atoms with Crippen molar-refractivity contribution in [1.82, 2.24) is 4.90 Å². The van der Waals surface area contributed by atoms with Crippen LogP contribution in [0.4, 0.5) is 0 Å². The number of ketones is 2. The molecule has 7 nitrogen and oxygen atoms in total. The lowest BCUT2D eigenvalue weighted by Gasteiger charge is -2.44. The van der Waals surface area contributed by atoms with Gasteiger partial charge in [-0.2, -0.15) is 0 Å². The van der Waals surface area contributed by atoms with Crippen molar-refractivity contribution in [3.8, 4) is 11.5 Å². The number of halogens is 2. The van der Waals surface area contributed by atoms with Gasteiger partial charge in [-0.3, -0.25) is 14.4 Å². The van der Waals surface area contributed by atoms with Crippen molar-refractivity contribution in [1.29, 1.82) is 0 Å². The number of benzene rings is 2. The summed E-state index contributed by atoms with van der Waals surface area (Å²) in [5.74, 6) is -0.307. The third-order valence-electron chi connectivity index (χ3n) is 7.60. The van der Waals surface area contributed by atoms with E-state index in [1.165, 1.54) is 0 Å². The monoisotopic (exact) mass is 671 g/mol. The molecule has 1 N–H and O–H groups in total. The molecule has 210 valence electrons. The Hall–Kier alpha value is -2.91. The number of Topliss-reactive ketones (excluding diaryl/α,β-unsaturated/α-hetero) is 2. The first-order valence-corrected chi connectivity index (χ1v) is 15.2. The quantitative estimate of drug-likeness (QED) is 0.304. The lowest BCUT2D eigenvalue weighted by atomic mass is 9.71. The van der Waals surface area contributed by atoms with Crippen LogP contribution < -0.4 is 9.47 Å². The van der Waals surface area contributed by atoms with Gasteiger partial charge in [0.05, 0.1) is 17.5 Å². The van der Waals surface area contributed by atoms with Crippen LogP contribution in [-0.4, -0.2) is 40.7 Å². The van der Waals surface area contributed by atoms with Crippen molar-refractivity contribution >= 4 is 49.4 Å². The number of carboxylic acids is 1. The molecule has 0 atom stereocenters. The van der Waals surface area contributed by atoms with Crippen molar-refractivity contribution in [3.05, 3.63) is 79.0 Å². The predicted octanol–water partition coefficient (Wildman–Crippen LogP) is 7.08. The minimum atomic E-state index is -0.903. The van der Waals surface area contributed by atoms with Gasteiger partial charge in [0.1, 0.15) is 6.61 Å². The number of nitrogens with zero attached hydrogens (tertiary/aromatic N) is 1. The SMILES string of the molecule is CCOc1cc(C2C3=C(CCCC3=O)N(CCC(=O)O)C3=C2C(=O)CCC3)cc(Br)c1OCc1ccc(Br)cc1. The van der Waals surface area contributed by atoms with Crippen LogP contribution in [0.3, 0.4) is 0 Å². The van der Waals surface area contributed by atoms with Gasteiger partial charge in [-0.15, -0.1) is 0 Å². The van der Waals surface area contributed by atoms with Crippen molar-refractivity contribution < 1.29 is 29.0 Å². The predicted molar refractivity (Wildman–Crippen MR) is 157 cm³/mol. The maximum absolute atomic E-state index is 13.5. The molecule has 3 aliphatic rings. The number of allylic oxidation sites excluding steroid dienone is 4. The molecule has 0 aromatic heterocycles. The first kappa shape index (κ1) is 28.6. The van der Waals surface area contributed by atoms with E-state index in [-0.39, 0.29) is 24.5 Å². The molecular weight excluding hydrogens is 642 g/mol. The molecule has 0 amide bonds. The molecule has 1 heterocycles. The Morgan fingerprint density at radius 3 is 2.15 bits per heavy atom. The topological polar surface area (TPSA) is 93.1 Å². The fraction of sp³-hybridized carbons (Fsp3) is 0.387. The molecule has 2 aromatic rings. The number of carbonyl (C=O) groups excluding carboxylic acids is 2. The lowest BCUT2D eigenvalue weighted by Crippen LogP contribution is -2.39. The van der Waals surface area contributed by atoms with E-state index in [1.54, 1.807) is 0 Å². The number of ether oxygens (including phenoxy) is 2. The van der Waals surface area contributed by atoms with E-state index in [1.807, 2.05) is 48.2 Å². The van der Waals surface area contributed by atoms with Crippen LogP contribution in [0, 0.1) is 0 Å². The Morgan fingerprint density at radius 2 is 1.57 bits per heavy atom. The van der Waals surface area contributed by atoms with Crippen LogP contribution in [0.2, 0.25) is 0 Å². The van der Waals surface area contributed by atoms with Gasteiger partial charge >= 0.3 is 5.97 Å². The van der Waals surface area contributed by atoms with E-state index in [2.05, 4.69) is 31.9 Å². The number of carbonyl (C=O) groups is 3. The van der Waals surface area contributed by atoms with E-state index in [0.29, 0.717) is 78.9 Å². The summed E-state index contributed by atoms with van der Waals surface area (Å²) in [4.78, 5) is 40.5. The second-order valence-electron chi connectivity index (χ2n) is 10.2. The Labute approximate surface area is 250 Å². The highest BCUT2D eigenvalue weighted by Crippen LogP contribution is 2.51. The largest absolute Gasteiger partial charge is 0.490 e. The van der Waals surface area contributed by atoms with Crippen LogP contribution in [0.5, 0.6) is 11.5 Å². The highest BCUT2D eigenvalue weighted by molar-refractivity contribution is 9.10. The number of aliphatic carboxylic acids is 1. The number of hydrogen-bond donors (Lipinski definition) is 1. The highest BCUT2D eigenvalue weighted by Gasteiger charge is 2.43. The Morgan fingerprint density at radius 1 is 0.950 bits per heavy atom. The Kier molecular flexibility index (Phi) is 8.80. The van der Waals surface area contributed by atoms with Gasteiger partial charge in [0.2, 0.25) is 0 Å². The molecule has 0 fully saturated rings. The van der Waals surface area contributed by atoms with E-state index >= 15 is 0 Å². The van der Waals surface area contributed by atoms with Crippen LogP contribution >= 0.6 is 31.9 Å². The lowest BCUT2D eigenvalue weighted by molar-refractivity contribution is -0.137. The van der Waals surface area contributed by atoms with Gasteiger partial charge in [0.25, 0.3) is 0 Å². The van der Waals surface area contributed by atoms with E-state index < -0.39 is 11.9 Å². The van der Waals surface area contributed by atoms with Crippen LogP contribution in [0.1, 0.15) is 68.9 Å². The zero-order valence-electron chi connectivity index (χ0n) is 22.3. The zero-order valence-corrected chi connectivity index (χ0v) is 25.5. The average Bonchev–Trinajstić information content (AvgIpc) is 2.92. The summed E-state index contributed by atoms with van der Waals surface area (Å²) < 4.78 is 13.9. The molecule has 5 rings (SSSR count). The average molecular weight is 673 g/mol. The Balaban J connectivity index is 1.60. The molecular formula is C31H31Br2NO6. The second kappa shape index (κ2) is 12.3. The normalized spacial score (nSPS) is 17.6. The van der Waals surface area contributed by atoms with Crippen LogP contribution in [-0.2, 0) is 21.0 Å². The van der Waals surface area contributed by atoms with Crippen molar-refractivity contribution in [2.24, 2.45) is 0 Å². The molecule has 0 saturated heterocycles. The summed E-state index contributed by atoms with van der Waals surface area (Å²) in [7, 11) is 0. The third kappa shape index (κ3) is 5.77. The highest BCUT2D eigenvalue weighted by atomic mass is 79.9. The zero-order chi connectivity index (χ0) is 28.4. The van der Waals surface area contributed by atoms with Crippen LogP contribution in [0.25, 0.3) is 0 Å².